The number of aliphatic hydroxyl groups excluding tert-OH is 1. The Labute approximate surface area is 180 Å². The molecule has 1 saturated heterocycles. The lowest BCUT2D eigenvalue weighted by Crippen LogP contribution is -2.39. The highest BCUT2D eigenvalue weighted by atomic mass is 16.5. The number of para-hydroxylation sites is 1. The minimum atomic E-state index is -0.613. The first kappa shape index (κ1) is 20.9. The molecule has 1 fully saturated rings. The average Bonchev–Trinajstić information content (AvgIpc) is 3.06. The van der Waals surface area contributed by atoms with Gasteiger partial charge in [0.1, 0.15) is 11.8 Å². The quantitative estimate of drug-likeness (QED) is 0.607. The lowest BCUT2D eigenvalue weighted by molar-refractivity contribution is -0.122. The van der Waals surface area contributed by atoms with E-state index in [0.29, 0.717) is 18.9 Å². The largest absolute Gasteiger partial charge is 0.491 e. The molecule has 2 unspecified atom stereocenters. The molecular formula is C23H26N4O4. The number of benzene rings is 2. The standard InChI is InChI=1S/C23H26N4O4/c1-15(6-5-9-21(29)24-17-7-3-2-4-8-17)31-18-10-11-19-16(12-18)13-27-20(14-28)22(30)26-23(27)25-19/h2-4,7-8,10-12,15,20,28H,5-6,9,13-14H2,1H3,(H,24,29)(H,25,26,30). The molecule has 0 saturated carbocycles. The molecule has 31 heavy (non-hydrogen) atoms. The molecule has 0 aliphatic carbocycles. The topological polar surface area (TPSA) is 103 Å². The van der Waals surface area contributed by atoms with Crippen molar-refractivity contribution in [3.8, 4) is 5.75 Å². The third-order valence-corrected chi connectivity index (χ3v) is 5.39. The number of aliphatic imine (C=N–C) groups is 1. The van der Waals surface area contributed by atoms with Crippen LogP contribution in [0, 0.1) is 0 Å². The van der Waals surface area contributed by atoms with Gasteiger partial charge >= 0.3 is 0 Å². The van der Waals surface area contributed by atoms with Gasteiger partial charge in [-0.1, -0.05) is 18.2 Å². The summed E-state index contributed by atoms with van der Waals surface area (Å²) in [6.07, 6.45) is 1.85. The first-order valence-electron chi connectivity index (χ1n) is 10.4. The molecule has 2 aromatic rings. The number of hydrogen-bond acceptors (Lipinski definition) is 6. The number of aliphatic hydroxyl groups is 1. The lowest BCUT2D eigenvalue weighted by Gasteiger charge is -2.27. The zero-order valence-corrected chi connectivity index (χ0v) is 17.4. The predicted molar refractivity (Wildman–Crippen MR) is 117 cm³/mol. The molecule has 8 nitrogen and oxygen atoms in total. The smallest absolute Gasteiger partial charge is 0.251 e. The van der Waals surface area contributed by atoms with Crippen LogP contribution in [0.15, 0.2) is 53.5 Å². The lowest BCUT2D eigenvalue weighted by atomic mass is 10.1. The van der Waals surface area contributed by atoms with Crippen molar-refractivity contribution in [3.63, 3.8) is 0 Å². The second-order valence-corrected chi connectivity index (χ2v) is 7.78. The van der Waals surface area contributed by atoms with Crippen molar-refractivity contribution >= 4 is 29.1 Å². The van der Waals surface area contributed by atoms with E-state index < -0.39 is 6.04 Å². The number of nitrogens with zero attached hydrogens (tertiary/aromatic N) is 2. The summed E-state index contributed by atoms with van der Waals surface area (Å²) in [6, 6.07) is 14.4. The Bertz CT molecular complexity index is 992. The van der Waals surface area contributed by atoms with E-state index in [-0.39, 0.29) is 24.5 Å². The van der Waals surface area contributed by atoms with Gasteiger partial charge in [-0.05, 0) is 50.1 Å². The average molecular weight is 422 g/mol. The first-order chi connectivity index (χ1) is 15.0. The molecule has 2 aliphatic heterocycles. The van der Waals surface area contributed by atoms with Crippen molar-refractivity contribution < 1.29 is 19.4 Å². The van der Waals surface area contributed by atoms with Crippen LogP contribution in [-0.2, 0) is 16.1 Å². The Balaban J connectivity index is 1.28. The van der Waals surface area contributed by atoms with Crippen molar-refractivity contribution in [3.05, 3.63) is 54.1 Å². The van der Waals surface area contributed by atoms with Crippen molar-refractivity contribution in [2.75, 3.05) is 11.9 Å². The zero-order valence-electron chi connectivity index (χ0n) is 17.4. The number of anilines is 1. The van der Waals surface area contributed by atoms with Gasteiger partial charge in [0.05, 0.1) is 18.4 Å². The maximum absolute atomic E-state index is 12.1. The van der Waals surface area contributed by atoms with Gasteiger partial charge in [-0.15, -0.1) is 0 Å². The number of ether oxygens (including phenoxy) is 1. The number of hydrogen-bond donors (Lipinski definition) is 3. The molecule has 0 radical (unpaired) electrons. The third kappa shape index (κ3) is 4.86. The van der Waals surface area contributed by atoms with E-state index in [2.05, 4.69) is 15.6 Å². The second kappa shape index (κ2) is 9.18. The third-order valence-electron chi connectivity index (χ3n) is 5.39. The molecule has 0 spiro atoms. The van der Waals surface area contributed by atoms with Crippen molar-refractivity contribution in [2.24, 2.45) is 4.99 Å². The van der Waals surface area contributed by atoms with Gasteiger partial charge in [0.2, 0.25) is 11.9 Å². The second-order valence-electron chi connectivity index (χ2n) is 7.78. The number of carbonyl (C=O) groups excluding carboxylic acids is 2. The Morgan fingerprint density at radius 2 is 2.13 bits per heavy atom. The van der Waals surface area contributed by atoms with Gasteiger partial charge in [-0.25, -0.2) is 4.99 Å². The maximum Gasteiger partial charge on any atom is 0.251 e. The van der Waals surface area contributed by atoms with Crippen LogP contribution < -0.4 is 15.4 Å². The molecule has 2 atom stereocenters. The Kier molecular flexibility index (Phi) is 6.18. The summed E-state index contributed by atoms with van der Waals surface area (Å²) < 4.78 is 6.04. The molecule has 2 heterocycles. The fraction of sp³-hybridized carbons (Fsp3) is 0.348. The van der Waals surface area contributed by atoms with E-state index in [1.807, 2.05) is 55.5 Å². The van der Waals surface area contributed by atoms with Crippen LogP contribution in [0.1, 0.15) is 31.7 Å². The summed E-state index contributed by atoms with van der Waals surface area (Å²) in [7, 11) is 0. The van der Waals surface area contributed by atoms with Gasteiger partial charge in [-0.2, -0.15) is 0 Å². The Morgan fingerprint density at radius 1 is 1.32 bits per heavy atom. The summed E-state index contributed by atoms with van der Waals surface area (Å²) in [6.45, 7) is 2.20. The van der Waals surface area contributed by atoms with Gasteiger partial charge in [0.25, 0.3) is 5.91 Å². The number of carbonyl (C=O) groups is 2. The number of nitrogens with one attached hydrogen (secondary N) is 2. The highest BCUT2D eigenvalue weighted by molar-refractivity contribution is 6.07. The van der Waals surface area contributed by atoms with Crippen LogP contribution in [0.2, 0.25) is 0 Å². The van der Waals surface area contributed by atoms with Crippen LogP contribution in [0.25, 0.3) is 0 Å². The number of rotatable bonds is 8. The fourth-order valence-corrected chi connectivity index (χ4v) is 3.77. The van der Waals surface area contributed by atoms with Crippen molar-refractivity contribution in [1.29, 1.82) is 0 Å². The monoisotopic (exact) mass is 422 g/mol. The van der Waals surface area contributed by atoms with Gasteiger partial charge in [0, 0.05) is 24.2 Å². The van der Waals surface area contributed by atoms with Crippen LogP contribution in [0.5, 0.6) is 5.75 Å². The van der Waals surface area contributed by atoms with Gasteiger partial charge in [-0.3, -0.25) is 14.9 Å². The highest BCUT2D eigenvalue weighted by Crippen LogP contribution is 2.32. The summed E-state index contributed by atoms with van der Waals surface area (Å²) in [5.41, 5.74) is 2.52. The van der Waals surface area contributed by atoms with Crippen molar-refractivity contribution in [2.45, 2.75) is 44.9 Å². The molecule has 8 heteroatoms. The summed E-state index contributed by atoms with van der Waals surface area (Å²) in [5.74, 6) is 0.952. The number of fused-ring (bicyclic) bond motifs is 2. The molecular weight excluding hydrogens is 396 g/mol. The van der Waals surface area contributed by atoms with E-state index in [1.54, 1.807) is 4.90 Å². The minimum absolute atomic E-state index is 0.00643. The molecule has 0 bridgehead atoms. The molecule has 162 valence electrons. The Hall–Kier alpha value is -3.39. The SMILES string of the molecule is CC(CCCC(=O)Nc1ccccc1)Oc1ccc2c(c1)CN1C(=N2)NC(=O)C1CO. The van der Waals surface area contributed by atoms with Crippen LogP contribution >= 0.6 is 0 Å². The van der Waals surface area contributed by atoms with Crippen LogP contribution in [0.4, 0.5) is 11.4 Å². The van der Waals surface area contributed by atoms with E-state index >= 15 is 0 Å². The van der Waals surface area contributed by atoms with Gasteiger partial charge in [0.15, 0.2) is 0 Å². The highest BCUT2D eigenvalue weighted by Gasteiger charge is 2.38. The zero-order chi connectivity index (χ0) is 21.8. The molecule has 2 aliphatic rings. The van der Waals surface area contributed by atoms with Crippen LogP contribution in [0.3, 0.4) is 0 Å². The summed E-state index contributed by atoms with van der Waals surface area (Å²) in [4.78, 5) is 30.2. The molecule has 4 rings (SSSR count). The van der Waals surface area contributed by atoms with E-state index in [1.165, 1.54) is 0 Å². The van der Waals surface area contributed by atoms with E-state index in [9.17, 15) is 14.7 Å². The first-order valence-corrected chi connectivity index (χ1v) is 10.4. The molecule has 2 aromatic carbocycles. The van der Waals surface area contributed by atoms with Gasteiger partial charge < -0.3 is 20.1 Å². The summed E-state index contributed by atoms with van der Waals surface area (Å²) in [5, 5.41) is 15.1. The van der Waals surface area contributed by atoms with E-state index in [0.717, 1.165) is 35.5 Å². The molecule has 3 N–H and O–H groups in total. The molecule has 2 amide bonds. The number of amides is 2. The van der Waals surface area contributed by atoms with Crippen LogP contribution in [-0.4, -0.2) is 46.5 Å². The minimum Gasteiger partial charge on any atom is -0.491 e. The van der Waals surface area contributed by atoms with E-state index in [4.69, 9.17) is 4.74 Å². The summed E-state index contributed by atoms with van der Waals surface area (Å²) >= 11 is 0. The Morgan fingerprint density at radius 3 is 2.90 bits per heavy atom. The van der Waals surface area contributed by atoms with Crippen molar-refractivity contribution in [1.82, 2.24) is 10.2 Å². The fourth-order valence-electron chi connectivity index (χ4n) is 3.77. The molecule has 0 aromatic heterocycles. The normalized spacial score (nSPS) is 17.9. The number of guanidine groups is 1. The maximum atomic E-state index is 12.1. The predicted octanol–water partition coefficient (Wildman–Crippen LogP) is 2.56.